The summed E-state index contributed by atoms with van der Waals surface area (Å²) in [4.78, 5) is 13.9. The number of piperazine rings is 1. The number of ether oxygens (including phenoxy) is 1. The highest BCUT2D eigenvalue weighted by Gasteiger charge is 2.41. The molecule has 0 saturated carbocycles. The van der Waals surface area contributed by atoms with E-state index in [4.69, 9.17) is 4.74 Å². The average Bonchev–Trinajstić information content (AvgIpc) is 2.34. The Bertz CT molecular complexity index is 244. The second-order valence-electron chi connectivity index (χ2n) is 5.43. The Morgan fingerprint density at radius 2 is 1.80 bits per heavy atom. The van der Waals surface area contributed by atoms with Crippen LogP contribution in [0.25, 0.3) is 0 Å². The van der Waals surface area contributed by atoms with Gasteiger partial charge in [0.05, 0.1) is 0 Å². The molecule has 1 N–H and O–H groups in total. The fourth-order valence-electron chi connectivity index (χ4n) is 2.39. The molecule has 4 nitrogen and oxygen atoms in total. The van der Waals surface area contributed by atoms with Crippen LogP contribution in [0.2, 0.25) is 0 Å². The molecule has 4 heteroatoms. The molecule has 2 heterocycles. The molecule has 0 aromatic carbocycles. The van der Waals surface area contributed by atoms with Gasteiger partial charge in [0.15, 0.2) is 0 Å². The Labute approximate surface area is 91.0 Å². The molecule has 0 aromatic rings. The monoisotopic (exact) mass is 212 g/mol. The molecule has 0 spiro atoms. The number of amides is 1. The van der Waals surface area contributed by atoms with Gasteiger partial charge < -0.3 is 10.1 Å². The van der Waals surface area contributed by atoms with E-state index in [1.807, 2.05) is 25.7 Å². The highest BCUT2D eigenvalue weighted by Crippen LogP contribution is 2.28. The van der Waals surface area contributed by atoms with Crippen molar-refractivity contribution in [3.05, 3.63) is 0 Å². The van der Waals surface area contributed by atoms with Crippen LogP contribution in [-0.4, -0.2) is 41.8 Å². The summed E-state index contributed by atoms with van der Waals surface area (Å²) in [5.41, 5.74) is -0.388. The predicted molar refractivity (Wildman–Crippen MR) is 57.8 cm³/mol. The third-order valence-electron chi connectivity index (χ3n) is 2.98. The minimum absolute atomic E-state index is 0.142. The summed E-state index contributed by atoms with van der Waals surface area (Å²) in [6, 6.07) is 0.692. The fourth-order valence-corrected chi connectivity index (χ4v) is 2.39. The number of nitrogens with zero attached hydrogens (tertiary/aromatic N) is 1. The number of hydrogen-bond acceptors (Lipinski definition) is 3. The molecule has 2 rings (SSSR count). The van der Waals surface area contributed by atoms with Crippen molar-refractivity contribution in [3.8, 4) is 0 Å². The summed E-state index contributed by atoms with van der Waals surface area (Å²) in [6.45, 7) is 7.56. The quantitative estimate of drug-likeness (QED) is 0.659. The van der Waals surface area contributed by atoms with Gasteiger partial charge in [-0.3, -0.25) is 4.90 Å². The molecule has 2 aliphatic rings. The Morgan fingerprint density at radius 3 is 2.27 bits per heavy atom. The van der Waals surface area contributed by atoms with Gasteiger partial charge in [-0.2, -0.15) is 0 Å². The van der Waals surface area contributed by atoms with Gasteiger partial charge in [0, 0.05) is 25.2 Å². The van der Waals surface area contributed by atoms with E-state index in [-0.39, 0.29) is 11.7 Å². The van der Waals surface area contributed by atoms with E-state index in [1.54, 1.807) is 0 Å². The maximum Gasteiger partial charge on any atom is 0.410 e. The zero-order chi connectivity index (χ0) is 11.1. The van der Waals surface area contributed by atoms with Crippen molar-refractivity contribution in [1.82, 2.24) is 10.2 Å². The summed E-state index contributed by atoms with van der Waals surface area (Å²) in [5, 5.41) is 3.35. The van der Waals surface area contributed by atoms with Gasteiger partial charge in [0.1, 0.15) is 5.60 Å². The van der Waals surface area contributed by atoms with Gasteiger partial charge in [0.25, 0.3) is 0 Å². The van der Waals surface area contributed by atoms with Crippen LogP contribution in [-0.2, 0) is 4.74 Å². The number of nitrogens with one attached hydrogen (secondary N) is 1. The highest BCUT2D eigenvalue weighted by molar-refractivity contribution is 5.69. The van der Waals surface area contributed by atoms with E-state index >= 15 is 0 Å². The number of carbonyl (C=O) groups is 1. The van der Waals surface area contributed by atoms with Gasteiger partial charge in [-0.15, -0.1) is 0 Å². The van der Waals surface area contributed by atoms with E-state index in [9.17, 15) is 4.79 Å². The maximum atomic E-state index is 12.0. The van der Waals surface area contributed by atoms with Crippen molar-refractivity contribution >= 4 is 6.09 Å². The van der Waals surface area contributed by atoms with Crippen molar-refractivity contribution in [1.29, 1.82) is 0 Å². The molecule has 15 heavy (non-hydrogen) atoms. The molecule has 0 aliphatic carbocycles. The molecule has 0 radical (unpaired) electrons. The number of rotatable bonds is 0. The molecule has 2 fully saturated rings. The smallest absolute Gasteiger partial charge is 0.410 e. The SMILES string of the molecule is CC(C)(C)OC(=O)N1[C@H]2CC[C@H]1CNC2. The van der Waals surface area contributed by atoms with Gasteiger partial charge in [-0.25, -0.2) is 4.79 Å². The third-order valence-corrected chi connectivity index (χ3v) is 2.98. The van der Waals surface area contributed by atoms with Crippen molar-refractivity contribution in [2.75, 3.05) is 13.1 Å². The highest BCUT2D eigenvalue weighted by atomic mass is 16.6. The van der Waals surface area contributed by atoms with Gasteiger partial charge in [-0.05, 0) is 33.6 Å². The Hall–Kier alpha value is -0.770. The first-order valence-corrected chi connectivity index (χ1v) is 5.69. The van der Waals surface area contributed by atoms with Crippen LogP contribution in [0.1, 0.15) is 33.6 Å². The Morgan fingerprint density at radius 1 is 1.27 bits per heavy atom. The lowest BCUT2D eigenvalue weighted by Crippen LogP contribution is -2.55. The summed E-state index contributed by atoms with van der Waals surface area (Å²) in [5.74, 6) is 0. The molecule has 2 atom stereocenters. The van der Waals surface area contributed by atoms with Gasteiger partial charge >= 0.3 is 6.09 Å². The van der Waals surface area contributed by atoms with Crippen molar-refractivity contribution in [2.24, 2.45) is 0 Å². The van der Waals surface area contributed by atoms with Crippen LogP contribution >= 0.6 is 0 Å². The van der Waals surface area contributed by atoms with Crippen LogP contribution in [0.5, 0.6) is 0 Å². The molecule has 2 saturated heterocycles. The maximum absolute atomic E-state index is 12.0. The molecule has 0 unspecified atom stereocenters. The number of hydrogen-bond donors (Lipinski definition) is 1. The number of fused-ring (bicyclic) bond motifs is 2. The zero-order valence-corrected chi connectivity index (χ0v) is 9.75. The van der Waals surface area contributed by atoms with Crippen molar-refractivity contribution in [2.45, 2.75) is 51.3 Å². The van der Waals surface area contributed by atoms with E-state index in [0.29, 0.717) is 12.1 Å². The Kier molecular flexibility index (Phi) is 2.63. The first kappa shape index (κ1) is 10.7. The van der Waals surface area contributed by atoms with Crippen LogP contribution in [0.4, 0.5) is 4.79 Å². The third kappa shape index (κ3) is 2.25. The van der Waals surface area contributed by atoms with E-state index in [1.165, 1.54) is 0 Å². The first-order valence-electron chi connectivity index (χ1n) is 5.69. The minimum Gasteiger partial charge on any atom is -0.444 e. The minimum atomic E-state index is -0.388. The first-order chi connectivity index (χ1) is 6.97. The predicted octanol–water partition coefficient (Wildman–Crippen LogP) is 1.36. The van der Waals surface area contributed by atoms with Crippen LogP contribution in [0.3, 0.4) is 0 Å². The lowest BCUT2D eigenvalue weighted by atomic mass is 10.2. The molecule has 2 aliphatic heterocycles. The van der Waals surface area contributed by atoms with E-state index in [0.717, 1.165) is 25.9 Å². The molecule has 86 valence electrons. The van der Waals surface area contributed by atoms with Crippen molar-refractivity contribution in [3.63, 3.8) is 0 Å². The van der Waals surface area contributed by atoms with Crippen LogP contribution in [0, 0.1) is 0 Å². The fraction of sp³-hybridized carbons (Fsp3) is 0.909. The van der Waals surface area contributed by atoms with Gasteiger partial charge in [-0.1, -0.05) is 0 Å². The second kappa shape index (κ2) is 3.67. The van der Waals surface area contributed by atoms with E-state index < -0.39 is 0 Å². The van der Waals surface area contributed by atoms with E-state index in [2.05, 4.69) is 5.32 Å². The largest absolute Gasteiger partial charge is 0.444 e. The molecule has 0 aromatic heterocycles. The van der Waals surface area contributed by atoms with Crippen LogP contribution in [0.15, 0.2) is 0 Å². The summed E-state index contributed by atoms with van der Waals surface area (Å²) in [6.07, 6.45) is 2.07. The van der Waals surface area contributed by atoms with Gasteiger partial charge in [0.2, 0.25) is 0 Å². The lowest BCUT2D eigenvalue weighted by molar-refractivity contribution is 0.0102. The Balaban J connectivity index is 2.01. The number of carbonyl (C=O) groups excluding carboxylic acids is 1. The van der Waals surface area contributed by atoms with Crippen molar-refractivity contribution < 1.29 is 9.53 Å². The standard InChI is InChI=1S/C11H20N2O2/c1-11(2,3)15-10(14)13-8-4-5-9(13)7-12-6-8/h8-9,12H,4-7H2,1-3H3/t8-,9-/m0/s1. The second-order valence-corrected chi connectivity index (χ2v) is 5.43. The zero-order valence-electron chi connectivity index (χ0n) is 9.75. The summed E-state index contributed by atoms with van der Waals surface area (Å²) in [7, 11) is 0. The lowest BCUT2D eigenvalue weighted by Gasteiger charge is -2.36. The molecular weight excluding hydrogens is 192 g/mol. The summed E-state index contributed by atoms with van der Waals surface area (Å²) < 4.78 is 5.42. The van der Waals surface area contributed by atoms with Crippen LogP contribution < -0.4 is 5.32 Å². The molecule has 2 bridgehead atoms. The summed E-state index contributed by atoms with van der Waals surface area (Å²) >= 11 is 0. The topological polar surface area (TPSA) is 41.6 Å². The molecule has 1 amide bonds. The normalized spacial score (nSPS) is 30.5. The average molecular weight is 212 g/mol. The molecular formula is C11H20N2O2.